The smallest absolute Gasteiger partial charge is 0.0318 e. The van der Waals surface area contributed by atoms with Gasteiger partial charge in [0.1, 0.15) is 0 Å². The first-order valence-corrected chi connectivity index (χ1v) is 5.18. The van der Waals surface area contributed by atoms with Crippen LogP contribution in [0.25, 0.3) is 0 Å². The average Bonchev–Trinajstić information content (AvgIpc) is 1.77. The third-order valence-electron chi connectivity index (χ3n) is 3.74. The SMILES string of the molecule is CC12CC(C1)C2.CC1CCC1. The van der Waals surface area contributed by atoms with Gasteiger partial charge >= 0.3 is 0 Å². The highest BCUT2D eigenvalue weighted by Gasteiger charge is 2.52. The Morgan fingerprint density at radius 1 is 1.09 bits per heavy atom. The van der Waals surface area contributed by atoms with Crippen LogP contribution in [0, 0.1) is 17.3 Å². The molecule has 0 nitrogen and oxygen atoms in total. The lowest BCUT2D eigenvalue weighted by molar-refractivity contribution is -0.0882. The molecule has 2 bridgehead atoms. The maximum Gasteiger partial charge on any atom is -0.0318 e. The Kier molecular flexibility index (Phi) is 1.74. The van der Waals surface area contributed by atoms with Crippen molar-refractivity contribution in [2.75, 3.05) is 0 Å². The molecule has 11 heavy (non-hydrogen) atoms. The summed E-state index contributed by atoms with van der Waals surface area (Å²) >= 11 is 0. The topological polar surface area (TPSA) is 0 Å². The molecule has 4 aliphatic rings. The summed E-state index contributed by atoms with van der Waals surface area (Å²) < 4.78 is 0. The minimum absolute atomic E-state index is 0.866. The fourth-order valence-electron chi connectivity index (χ4n) is 2.52. The molecule has 0 spiro atoms. The van der Waals surface area contributed by atoms with Crippen molar-refractivity contribution < 1.29 is 0 Å². The lowest BCUT2D eigenvalue weighted by atomic mass is 9.46. The Labute approximate surface area is 70.4 Å². The molecule has 0 aromatic heterocycles. The highest BCUT2D eigenvalue weighted by atomic mass is 14.6. The van der Waals surface area contributed by atoms with Gasteiger partial charge in [0.25, 0.3) is 0 Å². The molecule has 0 saturated heterocycles. The highest BCUT2D eigenvalue weighted by Crippen LogP contribution is 2.63. The van der Waals surface area contributed by atoms with Gasteiger partial charge in [0.2, 0.25) is 0 Å². The molecule has 4 aliphatic carbocycles. The molecule has 0 heteroatoms. The van der Waals surface area contributed by atoms with Gasteiger partial charge in [-0.15, -0.1) is 0 Å². The molecule has 0 unspecified atom stereocenters. The fraction of sp³-hybridized carbons (Fsp3) is 1.00. The summed E-state index contributed by atoms with van der Waals surface area (Å²) in [6.07, 6.45) is 9.11. The summed E-state index contributed by atoms with van der Waals surface area (Å²) in [4.78, 5) is 0. The molecule has 4 saturated carbocycles. The van der Waals surface area contributed by atoms with E-state index in [1.54, 1.807) is 19.3 Å². The van der Waals surface area contributed by atoms with E-state index in [2.05, 4.69) is 13.8 Å². The number of hydrogen-bond acceptors (Lipinski definition) is 0. The standard InChI is InChI=1S/C6H10.C5H10/c1-6-2-5(3-6)4-6;1-5-3-2-4-5/h5H,2-4H2,1H3;5H,2-4H2,1H3. The first-order chi connectivity index (χ1) is 5.18. The van der Waals surface area contributed by atoms with E-state index >= 15 is 0 Å². The van der Waals surface area contributed by atoms with E-state index in [0.717, 1.165) is 11.3 Å². The van der Waals surface area contributed by atoms with Crippen molar-refractivity contribution in [2.24, 2.45) is 17.3 Å². The predicted molar refractivity (Wildman–Crippen MR) is 48.5 cm³/mol. The minimum Gasteiger partial charge on any atom is -0.0625 e. The zero-order chi connectivity index (χ0) is 7.90. The monoisotopic (exact) mass is 152 g/mol. The van der Waals surface area contributed by atoms with Gasteiger partial charge in [0.15, 0.2) is 0 Å². The molecule has 0 aliphatic heterocycles. The van der Waals surface area contributed by atoms with Crippen LogP contribution >= 0.6 is 0 Å². The molecule has 0 radical (unpaired) electrons. The van der Waals surface area contributed by atoms with E-state index in [1.165, 1.54) is 25.2 Å². The number of rotatable bonds is 0. The minimum atomic E-state index is 0.866. The normalized spacial score (nSPS) is 45.8. The largest absolute Gasteiger partial charge is 0.0625 e. The average molecular weight is 152 g/mol. The van der Waals surface area contributed by atoms with Crippen LogP contribution in [0.2, 0.25) is 0 Å². The van der Waals surface area contributed by atoms with Crippen LogP contribution in [-0.4, -0.2) is 0 Å². The summed E-state index contributed by atoms with van der Waals surface area (Å²) in [7, 11) is 0. The molecule has 0 aromatic rings. The van der Waals surface area contributed by atoms with E-state index < -0.39 is 0 Å². The molecule has 0 aromatic carbocycles. The number of hydrogen-bond donors (Lipinski definition) is 0. The summed E-state index contributed by atoms with van der Waals surface area (Å²) in [6, 6.07) is 0. The lowest BCUT2D eigenvalue weighted by Gasteiger charge is -2.60. The van der Waals surface area contributed by atoms with E-state index in [0.29, 0.717) is 0 Å². The first-order valence-electron chi connectivity index (χ1n) is 5.18. The molecule has 4 fully saturated rings. The van der Waals surface area contributed by atoms with E-state index in [9.17, 15) is 0 Å². The summed E-state index contributed by atoms with van der Waals surface area (Å²) in [5.74, 6) is 2.24. The van der Waals surface area contributed by atoms with Crippen LogP contribution in [0.4, 0.5) is 0 Å². The van der Waals surface area contributed by atoms with Crippen LogP contribution in [-0.2, 0) is 0 Å². The molecular weight excluding hydrogens is 132 g/mol. The second kappa shape index (κ2) is 2.50. The van der Waals surface area contributed by atoms with Crippen molar-refractivity contribution in [1.29, 1.82) is 0 Å². The third-order valence-corrected chi connectivity index (χ3v) is 3.74. The Morgan fingerprint density at radius 3 is 1.45 bits per heavy atom. The maximum atomic E-state index is 2.40. The van der Waals surface area contributed by atoms with Crippen molar-refractivity contribution in [2.45, 2.75) is 52.4 Å². The van der Waals surface area contributed by atoms with E-state index in [-0.39, 0.29) is 0 Å². The van der Waals surface area contributed by atoms with E-state index in [4.69, 9.17) is 0 Å². The van der Waals surface area contributed by atoms with Gasteiger partial charge in [-0.1, -0.05) is 33.1 Å². The fourth-order valence-corrected chi connectivity index (χ4v) is 2.52. The molecular formula is C11H20. The second-order valence-corrected chi connectivity index (χ2v) is 5.33. The van der Waals surface area contributed by atoms with Crippen LogP contribution in [0.1, 0.15) is 52.4 Å². The van der Waals surface area contributed by atoms with Gasteiger partial charge < -0.3 is 0 Å². The quantitative estimate of drug-likeness (QED) is 0.497. The highest BCUT2D eigenvalue weighted by molar-refractivity contribution is 5.03. The van der Waals surface area contributed by atoms with Crippen molar-refractivity contribution >= 4 is 0 Å². The Bertz CT molecular complexity index is 127. The van der Waals surface area contributed by atoms with Crippen LogP contribution in [0.3, 0.4) is 0 Å². The van der Waals surface area contributed by atoms with Crippen LogP contribution in [0.15, 0.2) is 0 Å². The molecule has 0 atom stereocenters. The lowest BCUT2D eigenvalue weighted by Crippen LogP contribution is -2.48. The van der Waals surface area contributed by atoms with Gasteiger partial charge in [-0.25, -0.2) is 0 Å². The van der Waals surface area contributed by atoms with Gasteiger partial charge in [0.05, 0.1) is 0 Å². The maximum absolute atomic E-state index is 2.40. The van der Waals surface area contributed by atoms with Gasteiger partial charge in [-0.05, 0) is 36.5 Å². The van der Waals surface area contributed by atoms with E-state index in [1.807, 2.05) is 0 Å². The second-order valence-electron chi connectivity index (χ2n) is 5.33. The zero-order valence-corrected chi connectivity index (χ0v) is 7.90. The van der Waals surface area contributed by atoms with Crippen molar-refractivity contribution in [1.82, 2.24) is 0 Å². The molecule has 64 valence electrons. The van der Waals surface area contributed by atoms with Crippen molar-refractivity contribution in [3.8, 4) is 0 Å². The van der Waals surface area contributed by atoms with Crippen molar-refractivity contribution in [3.05, 3.63) is 0 Å². The Balaban J connectivity index is 0.0000000893. The van der Waals surface area contributed by atoms with Crippen LogP contribution in [0.5, 0.6) is 0 Å². The summed E-state index contributed by atoms with van der Waals surface area (Å²) in [5, 5.41) is 0. The molecule has 4 rings (SSSR count). The third kappa shape index (κ3) is 1.45. The summed E-state index contributed by atoms with van der Waals surface area (Å²) in [5.41, 5.74) is 0.866. The summed E-state index contributed by atoms with van der Waals surface area (Å²) in [6.45, 7) is 4.70. The van der Waals surface area contributed by atoms with Crippen LogP contribution < -0.4 is 0 Å². The molecule has 0 heterocycles. The molecule has 0 N–H and O–H groups in total. The molecule has 0 amide bonds. The predicted octanol–water partition coefficient (Wildman–Crippen LogP) is 3.61. The van der Waals surface area contributed by atoms with Gasteiger partial charge in [-0.2, -0.15) is 0 Å². The van der Waals surface area contributed by atoms with Gasteiger partial charge in [-0.3, -0.25) is 0 Å². The van der Waals surface area contributed by atoms with Crippen molar-refractivity contribution in [3.63, 3.8) is 0 Å². The zero-order valence-electron chi connectivity index (χ0n) is 7.90. The van der Waals surface area contributed by atoms with Gasteiger partial charge in [0, 0.05) is 0 Å². The Morgan fingerprint density at radius 2 is 1.45 bits per heavy atom. The first kappa shape index (κ1) is 7.64. The Hall–Kier alpha value is 0.